The molecule has 7 heteroatoms. The minimum absolute atomic E-state index is 0.104. The summed E-state index contributed by atoms with van der Waals surface area (Å²) in [6.45, 7) is 12.9. The number of rotatable bonds is 7. The van der Waals surface area contributed by atoms with Gasteiger partial charge in [0.25, 0.3) is 0 Å². The van der Waals surface area contributed by atoms with E-state index in [-0.39, 0.29) is 12.5 Å². The Bertz CT molecular complexity index is 1480. The van der Waals surface area contributed by atoms with Crippen molar-refractivity contribution < 1.29 is 24.2 Å². The van der Waals surface area contributed by atoms with Crippen molar-refractivity contribution in [2.24, 2.45) is 11.8 Å². The lowest BCUT2D eigenvalue weighted by Crippen LogP contribution is -2.56. The Morgan fingerprint density at radius 3 is 2.00 bits per heavy atom. The standard InChI is InChI=1S/C34H40N2O5/c1-19(2)41-25-10-8-9-24(17-25)29-30(32(38)35-26-15-20(3)11-13-22(26)5)28(37)18-34(7,40)31(29)33(39)36-27-16-21(4)12-14-23(27)6/h8-17,19,29-31,40H,18H2,1-7H3,(H,35,38)(H,36,39). The number of amides is 2. The number of nitrogens with one attached hydrogen (secondary N) is 2. The van der Waals surface area contributed by atoms with Crippen molar-refractivity contribution in [3.05, 3.63) is 88.5 Å². The largest absolute Gasteiger partial charge is 0.491 e. The van der Waals surface area contributed by atoms with Gasteiger partial charge in [0, 0.05) is 23.7 Å². The van der Waals surface area contributed by atoms with Gasteiger partial charge in [-0.15, -0.1) is 0 Å². The average Bonchev–Trinajstić information content (AvgIpc) is 2.87. The molecule has 0 aliphatic heterocycles. The maximum atomic E-state index is 14.1. The lowest BCUT2D eigenvalue weighted by molar-refractivity contribution is -0.150. The molecule has 4 unspecified atom stereocenters. The van der Waals surface area contributed by atoms with Crippen LogP contribution in [0.25, 0.3) is 0 Å². The van der Waals surface area contributed by atoms with E-state index >= 15 is 0 Å². The number of ether oxygens (including phenoxy) is 1. The summed E-state index contributed by atoms with van der Waals surface area (Å²) >= 11 is 0. The van der Waals surface area contributed by atoms with E-state index in [4.69, 9.17) is 4.74 Å². The number of Topliss-reactive ketones (excluding diaryl/α,β-unsaturated/α-hetero) is 1. The van der Waals surface area contributed by atoms with Crippen LogP contribution in [-0.2, 0) is 14.4 Å². The van der Waals surface area contributed by atoms with Crippen molar-refractivity contribution in [1.29, 1.82) is 0 Å². The number of aliphatic hydroxyl groups is 1. The second kappa shape index (κ2) is 11.9. The predicted molar refractivity (Wildman–Crippen MR) is 161 cm³/mol. The lowest BCUT2D eigenvalue weighted by atomic mass is 9.61. The van der Waals surface area contributed by atoms with E-state index in [0.29, 0.717) is 22.7 Å². The fourth-order valence-corrected chi connectivity index (χ4v) is 5.72. The molecule has 7 nitrogen and oxygen atoms in total. The van der Waals surface area contributed by atoms with Gasteiger partial charge in [0.15, 0.2) is 0 Å². The van der Waals surface area contributed by atoms with Crippen molar-refractivity contribution in [2.45, 2.75) is 72.5 Å². The summed E-state index contributed by atoms with van der Waals surface area (Å²) in [5.74, 6) is -4.10. The number of aryl methyl sites for hydroxylation is 4. The van der Waals surface area contributed by atoms with Gasteiger partial charge in [-0.2, -0.15) is 0 Å². The van der Waals surface area contributed by atoms with Crippen molar-refractivity contribution in [3.8, 4) is 5.75 Å². The summed E-state index contributed by atoms with van der Waals surface area (Å²) in [7, 11) is 0. The lowest BCUT2D eigenvalue weighted by Gasteiger charge is -2.44. The van der Waals surface area contributed by atoms with Crippen molar-refractivity contribution in [2.75, 3.05) is 10.6 Å². The van der Waals surface area contributed by atoms with E-state index < -0.39 is 41.0 Å². The highest BCUT2D eigenvalue weighted by atomic mass is 16.5. The van der Waals surface area contributed by atoms with Gasteiger partial charge in [0.2, 0.25) is 11.8 Å². The van der Waals surface area contributed by atoms with Crippen LogP contribution < -0.4 is 15.4 Å². The molecule has 1 aliphatic rings. The summed E-state index contributed by atoms with van der Waals surface area (Å²) in [4.78, 5) is 41.7. The molecule has 1 fully saturated rings. The summed E-state index contributed by atoms with van der Waals surface area (Å²) in [6, 6.07) is 18.6. The Morgan fingerprint density at radius 2 is 1.44 bits per heavy atom. The van der Waals surface area contributed by atoms with Crippen molar-refractivity contribution in [3.63, 3.8) is 0 Å². The van der Waals surface area contributed by atoms with E-state index in [1.165, 1.54) is 6.92 Å². The zero-order chi connectivity index (χ0) is 30.1. The Labute approximate surface area is 242 Å². The molecule has 0 aromatic heterocycles. The second-order valence-electron chi connectivity index (χ2n) is 11.8. The zero-order valence-corrected chi connectivity index (χ0v) is 24.9. The molecule has 1 saturated carbocycles. The zero-order valence-electron chi connectivity index (χ0n) is 24.9. The summed E-state index contributed by atoms with van der Waals surface area (Å²) in [5, 5.41) is 17.6. The number of anilines is 2. The van der Waals surface area contributed by atoms with Gasteiger partial charge in [-0.1, -0.05) is 36.4 Å². The second-order valence-corrected chi connectivity index (χ2v) is 11.8. The van der Waals surface area contributed by atoms with Crippen LogP contribution in [0, 0.1) is 39.5 Å². The van der Waals surface area contributed by atoms with Crippen molar-refractivity contribution in [1.82, 2.24) is 0 Å². The fourth-order valence-electron chi connectivity index (χ4n) is 5.72. The normalized spacial score (nSPS) is 22.4. The van der Waals surface area contributed by atoms with Crippen molar-refractivity contribution >= 4 is 29.0 Å². The summed E-state index contributed by atoms with van der Waals surface area (Å²) in [5.41, 5.74) is 3.74. The van der Waals surface area contributed by atoms with Gasteiger partial charge in [-0.3, -0.25) is 14.4 Å². The number of carbonyl (C=O) groups is 3. The monoisotopic (exact) mass is 556 g/mol. The number of benzene rings is 3. The Balaban J connectivity index is 1.82. The molecule has 3 aromatic rings. The quantitative estimate of drug-likeness (QED) is 0.309. The summed E-state index contributed by atoms with van der Waals surface area (Å²) in [6.07, 6.45) is -0.435. The minimum Gasteiger partial charge on any atom is -0.491 e. The average molecular weight is 557 g/mol. The minimum atomic E-state index is -1.70. The first-order chi connectivity index (χ1) is 19.3. The van der Waals surface area contributed by atoms with Gasteiger partial charge in [0.05, 0.1) is 17.6 Å². The smallest absolute Gasteiger partial charge is 0.235 e. The molecule has 0 radical (unpaired) electrons. The molecule has 0 saturated heterocycles. The van der Waals surface area contributed by atoms with Crippen LogP contribution in [0.4, 0.5) is 11.4 Å². The highest BCUT2D eigenvalue weighted by molar-refractivity contribution is 6.10. The molecule has 41 heavy (non-hydrogen) atoms. The molecule has 1 aliphatic carbocycles. The molecular weight excluding hydrogens is 516 g/mol. The first-order valence-corrected chi connectivity index (χ1v) is 14.0. The van der Waals surface area contributed by atoms with E-state index in [1.54, 1.807) is 24.3 Å². The molecular formula is C34H40N2O5. The first kappa shape index (κ1) is 30.0. The van der Waals surface area contributed by atoms with Gasteiger partial charge in [-0.25, -0.2) is 0 Å². The van der Waals surface area contributed by atoms with E-state index in [2.05, 4.69) is 10.6 Å². The molecule has 216 valence electrons. The number of ketones is 1. The van der Waals surface area contributed by atoms with Crippen LogP contribution in [0.5, 0.6) is 5.75 Å². The number of carbonyl (C=O) groups excluding carboxylic acids is 3. The van der Waals surface area contributed by atoms with Crippen LogP contribution in [0.2, 0.25) is 0 Å². The third-order valence-corrected chi connectivity index (χ3v) is 7.75. The first-order valence-electron chi connectivity index (χ1n) is 14.0. The molecule has 0 bridgehead atoms. The van der Waals surface area contributed by atoms with Crippen LogP contribution in [0.3, 0.4) is 0 Å². The SMILES string of the molecule is Cc1ccc(C)c(NC(=O)C2C(=O)CC(C)(O)C(C(=O)Nc3cc(C)ccc3C)C2c2cccc(OC(C)C)c2)c1. The molecule has 3 aromatic carbocycles. The Hall–Kier alpha value is -3.97. The van der Waals surface area contributed by atoms with Gasteiger partial charge in [-0.05, 0) is 101 Å². The Kier molecular flexibility index (Phi) is 8.69. The molecule has 0 spiro atoms. The fraction of sp³-hybridized carbons (Fsp3) is 0.382. The van der Waals surface area contributed by atoms with Crippen LogP contribution in [0.15, 0.2) is 60.7 Å². The third-order valence-electron chi connectivity index (χ3n) is 7.75. The highest BCUT2D eigenvalue weighted by Gasteiger charge is 2.56. The molecule has 3 N–H and O–H groups in total. The topological polar surface area (TPSA) is 105 Å². The molecule has 4 rings (SSSR count). The van der Waals surface area contributed by atoms with Crippen LogP contribution in [0.1, 0.15) is 60.9 Å². The maximum absolute atomic E-state index is 14.1. The molecule has 0 heterocycles. The maximum Gasteiger partial charge on any atom is 0.235 e. The van der Waals surface area contributed by atoms with Gasteiger partial charge in [0.1, 0.15) is 17.5 Å². The number of hydrogen-bond donors (Lipinski definition) is 3. The summed E-state index contributed by atoms with van der Waals surface area (Å²) < 4.78 is 5.92. The third kappa shape index (κ3) is 6.68. The van der Waals surface area contributed by atoms with Crippen LogP contribution >= 0.6 is 0 Å². The van der Waals surface area contributed by atoms with E-state index in [0.717, 1.165) is 22.3 Å². The van der Waals surface area contributed by atoms with E-state index in [1.807, 2.05) is 77.9 Å². The predicted octanol–water partition coefficient (Wildman–Crippen LogP) is 6.02. The Morgan fingerprint density at radius 1 is 0.878 bits per heavy atom. The van der Waals surface area contributed by atoms with Crippen LogP contribution in [-0.4, -0.2) is 34.4 Å². The molecule has 4 atom stereocenters. The van der Waals surface area contributed by atoms with Gasteiger partial charge < -0.3 is 20.5 Å². The molecule has 2 amide bonds. The van der Waals surface area contributed by atoms with E-state index in [9.17, 15) is 19.5 Å². The number of hydrogen-bond acceptors (Lipinski definition) is 5. The van der Waals surface area contributed by atoms with Gasteiger partial charge >= 0.3 is 0 Å². The highest BCUT2D eigenvalue weighted by Crippen LogP contribution is 2.47.